The van der Waals surface area contributed by atoms with Gasteiger partial charge in [0.25, 0.3) is 5.91 Å². The van der Waals surface area contributed by atoms with E-state index in [4.69, 9.17) is 0 Å². The predicted molar refractivity (Wildman–Crippen MR) is 116 cm³/mol. The summed E-state index contributed by atoms with van der Waals surface area (Å²) >= 11 is 1.37. The number of urea groups is 1. The lowest BCUT2D eigenvalue weighted by Gasteiger charge is -2.25. The van der Waals surface area contributed by atoms with Crippen molar-refractivity contribution in [2.75, 3.05) is 11.9 Å². The van der Waals surface area contributed by atoms with E-state index in [0.717, 1.165) is 26.2 Å². The fourth-order valence-corrected chi connectivity index (χ4v) is 4.92. The number of aromatic nitrogens is 1. The number of aryl methyl sites for hydroxylation is 2. The zero-order chi connectivity index (χ0) is 21.5. The van der Waals surface area contributed by atoms with Crippen LogP contribution in [0.5, 0.6) is 0 Å². The van der Waals surface area contributed by atoms with Crippen LogP contribution in [-0.2, 0) is 15.1 Å². The quantitative estimate of drug-likeness (QED) is 0.613. The van der Waals surface area contributed by atoms with Crippen LogP contribution in [0.15, 0.2) is 42.5 Å². The summed E-state index contributed by atoms with van der Waals surface area (Å²) in [4.78, 5) is 43.7. The van der Waals surface area contributed by atoms with Crippen molar-refractivity contribution in [2.24, 2.45) is 0 Å². The molecule has 1 saturated heterocycles. The summed E-state index contributed by atoms with van der Waals surface area (Å²) in [5.74, 6) is -0.890. The lowest BCUT2D eigenvalue weighted by Crippen LogP contribution is -2.44. The van der Waals surface area contributed by atoms with Crippen LogP contribution in [0.3, 0.4) is 0 Å². The van der Waals surface area contributed by atoms with E-state index in [0.29, 0.717) is 17.1 Å². The van der Waals surface area contributed by atoms with Crippen LogP contribution in [0, 0.1) is 13.8 Å². The lowest BCUT2D eigenvalue weighted by molar-refractivity contribution is -0.134. The molecule has 2 heterocycles. The number of carbonyl (C=O) groups is 3. The molecule has 2 N–H and O–H groups in total. The second-order valence-electron chi connectivity index (χ2n) is 7.44. The average Bonchev–Trinajstić information content (AvgIpc) is 3.22. The molecule has 1 atom stereocenters. The molecule has 0 aliphatic carbocycles. The molecule has 1 fully saturated rings. The maximum absolute atomic E-state index is 13.1. The van der Waals surface area contributed by atoms with Gasteiger partial charge in [0, 0.05) is 0 Å². The third-order valence-corrected chi connectivity index (χ3v) is 6.27. The van der Waals surface area contributed by atoms with Gasteiger partial charge in [0.1, 0.15) is 12.1 Å². The highest BCUT2D eigenvalue weighted by Crippen LogP contribution is 2.33. The Labute approximate surface area is 178 Å². The number of nitrogens with one attached hydrogen (secondary N) is 2. The van der Waals surface area contributed by atoms with Crippen LogP contribution in [-0.4, -0.2) is 34.3 Å². The first-order chi connectivity index (χ1) is 14.3. The number of rotatable bonds is 5. The molecule has 1 aliphatic heterocycles. The molecule has 8 heteroatoms. The van der Waals surface area contributed by atoms with Crippen LogP contribution < -0.4 is 10.6 Å². The number of amides is 4. The summed E-state index contributed by atoms with van der Waals surface area (Å²) in [5.41, 5.74) is 2.54. The molecule has 7 nitrogen and oxygen atoms in total. The third kappa shape index (κ3) is 3.33. The van der Waals surface area contributed by atoms with Crippen molar-refractivity contribution < 1.29 is 14.4 Å². The molecular formula is C22H22N4O3S. The molecule has 0 bridgehead atoms. The number of hydrogen-bond donors (Lipinski definition) is 2. The Kier molecular flexibility index (Phi) is 5.03. The van der Waals surface area contributed by atoms with Gasteiger partial charge in [-0.2, -0.15) is 0 Å². The summed E-state index contributed by atoms with van der Waals surface area (Å²) < 4.78 is 0.979. The van der Waals surface area contributed by atoms with Crippen LogP contribution >= 0.6 is 11.3 Å². The lowest BCUT2D eigenvalue weighted by atomic mass is 9.87. The van der Waals surface area contributed by atoms with Gasteiger partial charge in [-0.1, -0.05) is 54.7 Å². The third-order valence-electron chi connectivity index (χ3n) is 5.35. The van der Waals surface area contributed by atoms with Gasteiger partial charge in [-0.25, -0.2) is 9.78 Å². The van der Waals surface area contributed by atoms with Gasteiger partial charge in [-0.3, -0.25) is 14.5 Å². The monoisotopic (exact) mass is 422 g/mol. The van der Waals surface area contributed by atoms with Crippen molar-refractivity contribution in [1.29, 1.82) is 0 Å². The molecule has 0 spiro atoms. The summed E-state index contributed by atoms with van der Waals surface area (Å²) in [6.45, 7) is 5.45. The molecule has 4 rings (SSSR count). The van der Waals surface area contributed by atoms with Crippen LogP contribution in [0.1, 0.15) is 30.0 Å². The molecule has 1 aliphatic rings. The Morgan fingerprint density at radius 2 is 1.93 bits per heavy atom. The number of carbonyl (C=O) groups excluding carboxylic acids is 3. The van der Waals surface area contributed by atoms with E-state index in [1.165, 1.54) is 11.3 Å². The number of anilines is 1. The second-order valence-corrected chi connectivity index (χ2v) is 8.47. The smallest absolute Gasteiger partial charge is 0.319 e. The number of imide groups is 1. The van der Waals surface area contributed by atoms with Crippen LogP contribution in [0.2, 0.25) is 0 Å². The van der Waals surface area contributed by atoms with E-state index in [9.17, 15) is 14.4 Å². The van der Waals surface area contributed by atoms with Gasteiger partial charge < -0.3 is 10.6 Å². The van der Waals surface area contributed by atoms with Gasteiger partial charge in [0.2, 0.25) is 5.91 Å². The summed E-state index contributed by atoms with van der Waals surface area (Å²) in [7, 11) is 0. The highest BCUT2D eigenvalue weighted by Gasteiger charge is 2.51. The van der Waals surface area contributed by atoms with E-state index in [1.807, 2.05) is 51.1 Å². The fourth-order valence-electron chi connectivity index (χ4n) is 3.86. The molecule has 0 saturated carbocycles. The number of thiazole rings is 1. The maximum atomic E-state index is 13.1. The van der Waals surface area contributed by atoms with Gasteiger partial charge in [0.05, 0.1) is 10.2 Å². The van der Waals surface area contributed by atoms with Gasteiger partial charge >= 0.3 is 6.03 Å². The molecular weight excluding hydrogens is 400 g/mol. The van der Waals surface area contributed by atoms with Crippen molar-refractivity contribution in [2.45, 2.75) is 32.7 Å². The summed E-state index contributed by atoms with van der Waals surface area (Å²) in [6, 6.07) is 12.6. The van der Waals surface area contributed by atoms with Gasteiger partial charge in [-0.05, 0) is 43.0 Å². The largest absolute Gasteiger partial charge is 0.325 e. The first kappa shape index (κ1) is 20.0. The molecule has 154 valence electrons. The maximum Gasteiger partial charge on any atom is 0.325 e. The van der Waals surface area contributed by atoms with Crippen molar-refractivity contribution >= 4 is 44.5 Å². The Balaban J connectivity index is 1.53. The summed E-state index contributed by atoms with van der Waals surface area (Å²) in [6.07, 6.45) is 0.385. The molecule has 1 unspecified atom stereocenters. The van der Waals surface area contributed by atoms with E-state index in [-0.39, 0.29) is 6.54 Å². The van der Waals surface area contributed by atoms with Crippen molar-refractivity contribution in [3.8, 4) is 0 Å². The molecule has 0 radical (unpaired) electrons. The normalized spacial score (nSPS) is 18.7. The van der Waals surface area contributed by atoms with Crippen molar-refractivity contribution in [3.63, 3.8) is 0 Å². The standard InChI is InChI=1S/C22H22N4O3S/c1-4-22(15-8-6-5-7-9-15)19(28)26(21(29)25-22)12-17(27)23-20-24-18-14(3)10-13(2)11-16(18)30-20/h5-11H,4,12H2,1-3H3,(H,25,29)(H,23,24,27). The van der Waals surface area contributed by atoms with Gasteiger partial charge in [0.15, 0.2) is 5.13 Å². The molecule has 3 aromatic rings. The molecule has 30 heavy (non-hydrogen) atoms. The Morgan fingerprint density at radius 1 is 1.20 bits per heavy atom. The van der Waals surface area contributed by atoms with E-state index < -0.39 is 23.4 Å². The zero-order valence-corrected chi connectivity index (χ0v) is 17.8. The summed E-state index contributed by atoms with van der Waals surface area (Å²) in [5, 5.41) is 5.95. The fraction of sp³-hybridized carbons (Fsp3) is 0.273. The first-order valence-electron chi connectivity index (χ1n) is 9.71. The SMILES string of the molecule is CCC1(c2ccccc2)NC(=O)N(CC(=O)Nc2nc3c(C)cc(C)cc3s2)C1=O. The Morgan fingerprint density at radius 3 is 2.63 bits per heavy atom. The van der Waals surface area contributed by atoms with Crippen molar-refractivity contribution in [1.82, 2.24) is 15.2 Å². The average molecular weight is 423 g/mol. The molecule has 1 aromatic heterocycles. The minimum atomic E-state index is -1.15. The molecule has 4 amide bonds. The van der Waals surface area contributed by atoms with Crippen molar-refractivity contribution in [3.05, 3.63) is 59.2 Å². The topological polar surface area (TPSA) is 91.4 Å². The Bertz CT molecular complexity index is 1160. The van der Waals surface area contributed by atoms with E-state index >= 15 is 0 Å². The second kappa shape index (κ2) is 7.53. The number of hydrogen-bond acceptors (Lipinski definition) is 5. The molecule has 2 aromatic carbocycles. The van der Waals surface area contributed by atoms with Crippen LogP contribution in [0.25, 0.3) is 10.2 Å². The van der Waals surface area contributed by atoms with Crippen LogP contribution in [0.4, 0.5) is 9.93 Å². The minimum Gasteiger partial charge on any atom is -0.319 e. The number of fused-ring (bicyclic) bond motifs is 1. The van der Waals surface area contributed by atoms with E-state index in [1.54, 1.807) is 12.1 Å². The number of benzene rings is 2. The highest BCUT2D eigenvalue weighted by molar-refractivity contribution is 7.22. The Hall–Kier alpha value is -3.26. The minimum absolute atomic E-state index is 0.368. The number of nitrogens with zero attached hydrogens (tertiary/aromatic N) is 2. The van der Waals surface area contributed by atoms with E-state index in [2.05, 4.69) is 15.6 Å². The first-order valence-corrected chi connectivity index (χ1v) is 10.5. The zero-order valence-electron chi connectivity index (χ0n) is 17.0. The van der Waals surface area contributed by atoms with Gasteiger partial charge in [-0.15, -0.1) is 0 Å². The predicted octanol–water partition coefficient (Wildman–Crippen LogP) is 3.71. The highest BCUT2D eigenvalue weighted by atomic mass is 32.1.